The summed E-state index contributed by atoms with van der Waals surface area (Å²) in [4.78, 5) is 0.210. The summed E-state index contributed by atoms with van der Waals surface area (Å²) >= 11 is 6.08. The molecule has 0 saturated carbocycles. The quantitative estimate of drug-likeness (QED) is 0.864. The zero-order valence-electron chi connectivity index (χ0n) is 11.7. The fourth-order valence-electron chi connectivity index (χ4n) is 2.49. The van der Waals surface area contributed by atoms with Crippen LogP contribution in [0.2, 0.25) is 5.02 Å². The van der Waals surface area contributed by atoms with Gasteiger partial charge in [0.2, 0.25) is 0 Å². The molecule has 1 aliphatic rings. The first-order chi connectivity index (χ1) is 9.69. The second kappa shape index (κ2) is 6.24. The van der Waals surface area contributed by atoms with Crippen LogP contribution in [-0.4, -0.2) is 41.1 Å². The molecule has 1 fully saturated rings. The minimum Gasteiger partial charge on any atom is -0.312 e. The molecule has 5 nitrogen and oxygen atoms in total. The molecule has 1 atom stereocenters. The Bertz CT molecular complexity index is 729. The summed E-state index contributed by atoms with van der Waals surface area (Å²) in [6.45, 7) is 0.840. The second-order valence-corrected chi connectivity index (χ2v) is 10.0. The number of nitrogens with one attached hydrogen (secondary N) is 1. The SMILES string of the molecule is CS(=O)(=O)c1cccc(Cl)c1CNCC1CCS(=O)(=O)C1. The Morgan fingerprint density at radius 2 is 2.10 bits per heavy atom. The normalized spacial score (nSPS) is 21.5. The Morgan fingerprint density at radius 3 is 2.67 bits per heavy atom. The number of halogens is 1. The predicted molar refractivity (Wildman–Crippen MR) is 83.0 cm³/mol. The van der Waals surface area contributed by atoms with Crippen LogP contribution in [0.3, 0.4) is 0 Å². The van der Waals surface area contributed by atoms with Crippen LogP contribution < -0.4 is 5.32 Å². The van der Waals surface area contributed by atoms with Gasteiger partial charge in [-0.05, 0) is 31.0 Å². The minimum atomic E-state index is -3.34. The van der Waals surface area contributed by atoms with Gasteiger partial charge >= 0.3 is 0 Å². The topological polar surface area (TPSA) is 80.3 Å². The summed E-state index contributed by atoms with van der Waals surface area (Å²) < 4.78 is 46.3. The summed E-state index contributed by atoms with van der Waals surface area (Å²) in [5.41, 5.74) is 0.530. The molecule has 8 heteroatoms. The Hall–Kier alpha value is -0.630. The van der Waals surface area contributed by atoms with Crippen molar-refractivity contribution in [2.75, 3.05) is 24.3 Å². The Morgan fingerprint density at radius 1 is 1.38 bits per heavy atom. The van der Waals surface area contributed by atoms with Crippen molar-refractivity contribution in [2.45, 2.75) is 17.9 Å². The van der Waals surface area contributed by atoms with Gasteiger partial charge in [-0.25, -0.2) is 16.8 Å². The maximum Gasteiger partial charge on any atom is 0.175 e. The van der Waals surface area contributed by atoms with Crippen molar-refractivity contribution in [1.29, 1.82) is 0 Å². The van der Waals surface area contributed by atoms with Crippen molar-refractivity contribution in [3.63, 3.8) is 0 Å². The van der Waals surface area contributed by atoms with Crippen molar-refractivity contribution >= 4 is 31.3 Å². The van der Waals surface area contributed by atoms with Gasteiger partial charge in [-0.15, -0.1) is 0 Å². The van der Waals surface area contributed by atoms with Gasteiger partial charge in [0.05, 0.1) is 16.4 Å². The first-order valence-corrected chi connectivity index (χ1v) is 10.7. The van der Waals surface area contributed by atoms with Crippen LogP contribution in [0.4, 0.5) is 0 Å². The predicted octanol–water partition coefficient (Wildman–Crippen LogP) is 1.27. The van der Waals surface area contributed by atoms with Crippen LogP contribution in [0.1, 0.15) is 12.0 Å². The highest BCUT2D eigenvalue weighted by Gasteiger charge is 2.27. The number of hydrogen-bond donors (Lipinski definition) is 1. The molecular weight excluding hydrogens is 334 g/mol. The van der Waals surface area contributed by atoms with Gasteiger partial charge in [0.25, 0.3) is 0 Å². The standard InChI is InChI=1S/C13H18ClNO4S2/c1-20(16,17)13-4-2-3-12(14)11(13)8-15-7-10-5-6-21(18,19)9-10/h2-4,10,15H,5-9H2,1H3. The molecule has 0 bridgehead atoms. The van der Waals surface area contributed by atoms with Gasteiger partial charge in [-0.3, -0.25) is 0 Å². The molecule has 2 rings (SSSR count). The maximum absolute atomic E-state index is 11.7. The fourth-order valence-corrected chi connectivity index (χ4v) is 5.61. The summed E-state index contributed by atoms with van der Waals surface area (Å²) in [5.74, 6) is 0.515. The highest BCUT2D eigenvalue weighted by atomic mass is 35.5. The first-order valence-electron chi connectivity index (χ1n) is 6.57. The molecule has 21 heavy (non-hydrogen) atoms. The van der Waals surface area contributed by atoms with Crippen molar-refractivity contribution in [3.8, 4) is 0 Å². The third-order valence-corrected chi connectivity index (χ3v) is 6.91. The van der Waals surface area contributed by atoms with Gasteiger partial charge in [-0.1, -0.05) is 17.7 Å². The van der Waals surface area contributed by atoms with E-state index in [1.165, 1.54) is 6.07 Å². The molecule has 1 unspecified atom stereocenters. The molecule has 0 spiro atoms. The molecule has 0 aliphatic carbocycles. The lowest BCUT2D eigenvalue weighted by molar-refractivity contribution is 0.518. The van der Waals surface area contributed by atoms with Crippen LogP contribution in [0.15, 0.2) is 23.1 Å². The average molecular weight is 352 g/mol. The highest BCUT2D eigenvalue weighted by molar-refractivity contribution is 7.91. The number of sulfone groups is 2. The van der Waals surface area contributed by atoms with E-state index in [1.54, 1.807) is 12.1 Å². The lowest BCUT2D eigenvalue weighted by Crippen LogP contribution is -2.24. The molecule has 0 amide bonds. The second-order valence-electron chi connectivity index (χ2n) is 5.39. The van der Waals surface area contributed by atoms with E-state index in [4.69, 9.17) is 11.6 Å². The lowest BCUT2D eigenvalue weighted by atomic mass is 10.1. The molecule has 1 aromatic carbocycles. The van der Waals surface area contributed by atoms with E-state index in [9.17, 15) is 16.8 Å². The van der Waals surface area contributed by atoms with Crippen LogP contribution in [0.5, 0.6) is 0 Å². The van der Waals surface area contributed by atoms with E-state index >= 15 is 0 Å². The van der Waals surface area contributed by atoms with Crippen molar-refractivity contribution < 1.29 is 16.8 Å². The molecule has 0 radical (unpaired) electrons. The number of benzene rings is 1. The molecule has 118 valence electrons. The Balaban J connectivity index is 2.04. The van der Waals surface area contributed by atoms with E-state index in [2.05, 4.69) is 5.32 Å². The summed E-state index contributed by atoms with van der Waals surface area (Å²) in [7, 11) is -6.24. The lowest BCUT2D eigenvalue weighted by Gasteiger charge is -2.13. The maximum atomic E-state index is 11.7. The van der Waals surface area contributed by atoms with Crippen molar-refractivity contribution in [2.24, 2.45) is 5.92 Å². The summed E-state index contributed by atoms with van der Waals surface area (Å²) in [5, 5.41) is 3.51. The first kappa shape index (κ1) is 16.7. The van der Waals surface area contributed by atoms with E-state index in [0.29, 0.717) is 30.1 Å². The van der Waals surface area contributed by atoms with Crippen LogP contribution in [-0.2, 0) is 26.2 Å². The molecule has 0 aromatic heterocycles. The van der Waals surface area contributed by atoms with Gasteiger partial charge in [0.15, 0.2) is 19.7 Å². The Kier molecular flexibility index (Phi) is 4.97. The van der Waals surface area contributed by atoms with Gasteiger partial charge in [0, 0.05) is 23.4 Å². The highest BCUT2D eigenvalue weighted by Crippen LogP contribution is 2.24. The largest absolute Gasteiger partial charge is 0.312 e. The molecule has 1 aromatic rings. The van der Waals surface area contributed by atoms with Gasteiger partial charge in [0.1, 0.15) is 0 Å². The molecule has 1 heterocycles. The van der Waals surface area contributed by atoms with Crippen molar-refractivity contribution in [3.05, 3.63) is 28.8 Å². The van der Waals surface area contributed by atoms with Gasteiger partial charge in [-0.2, -0.15) is 0 Å². The molecular formula is C13H18ClNO4S2. The smallest absolute Gasteiger partial charge is 0.175 e. The minimum absolute atomic E-state index is 0.0826. The Labute approximate surface area is 130 Å². The van der Waals surface area contributed by atoms with Crippen LogP contribution in [0.25, 0.3) is 0 Å². The summed E-state index contributed by atoms with van der Waals surface area (Å²) in [6, 6.07) is 4.78. The van der Waals surface area contributed by atoms with Crippen molar-refractivity contribution in [1.82, 2.24) is 5.32 Å². The van der Waals surface area contributed by atoms with E-state index in [-0.39, 0.29) is 22.3 Å². The molecule has 1 N–H and O–H groups in total. The van der Waals surface area contributed by atoms with Crippen LogP contribution in [0, 0.1) is 5.92 Å². The molecule has 1 saturated heterocycles. The zero-order valence-corrected chi connectivity index (χ0v) is 14.1. The van der Waals surface area contributed by atoms with Gasteiger partial charge < -0.3 is 5.32 Å². The third kappa shape index (κ3) is 4.42. The van der Waals surface area contributed by atoms with E-state index in [0.717, 1.165) is 6.26 Å². The monoisotopic (exact) mass is 351 g/mol. The van der Waals surface area contributed by atoms with Crippen LogP contribution >= 0.6 is 11.6 Å². The zero-order chi connectivity index (χ0) is 15.7. The van der Waals surface area contributed by atoms with E-state index < -0.39 is 19.7 Å². The fraction of sp³-hybridized carbons (Fsp3) is 0.538. The third-order valence-electron chi connectivity index (χ3n) is 3.54. The average Bonchev–Trinajstić information content (AvgIpc) is 2.69. The number of rotatable bonds is 5. The molecule has 1 aliphatic heterocycles. The number of hydrogen-bond acceptors (Lipinski definition) is 5. The summed E-state index contributed by atoms with van der Waals surface area (Å²) in [6.07, 6.45) is 1.79. The van der Waals surface area contributed by atoms with E-state index in [1.807, 2.05) is 0 Å².